The molecule has 0 fully saturated rings. The summed E-state index contributed by atoms with van der Waals surface area (Å²) in [4.78, 5) is 26.7. The summed E-state index contributed by atoms with van der Waals surface area (Å²) in [5, 5.41) is 0. The lowest BCUT2D eigenvalue weighted by Crippen LogP contribution is -2.18. The third kappa shape index (κ3) is 3.32. The number of hydrogen-bond donors (Lipinski definition) is 1. The van der Waals surface area contributed by atoms with Crippen molar-refractivity contribution in [3.05, 3.63) is 81.3 Å². The van der Waals surface area contributed by atoms with E-state index >= 15 is 0 Å². The maximum absolute atomic E-state index is 12.1. The van der Waals surface area contributed by atoms with Crippen molar-refractivity contribution in [3.8, 4) is 0 Å². The van der Waals surface area contributed by atoms with Gasteiger partial charge < -0.3 is 4.57 Å². The first-order valence-corrected chi connectivity index (χ1v) is 7.08. The molecular formula is C15H13N5OS. The SMILES string of the molecule is O=c1[nH]c(=S)n(Cc2ccncc2)cc1Cc1cncnc1. The van der Waals surface area contributed by atoms with Crippen molar-refractivity contribution in [2.45, 2.75) is 13.0 Å². The van der Waals surface area contributed by atoms with E-state index in [1.54, 1.807) is 31.0 Å². The van der Waals surface area contributed by atoms with Crippen molar-refractivity contribution in [1.29, 1.82) is 0 Å². The summed E-state index contributed by atoms with van der Waals surface area (Å²) in [6.45, 7) is 0.580. The molecule has 3 aromatic rings. The Hall–Kier alpha value is -2.67. The van der Waals surface area contributed by atoms with E-state index in [1.165, 1.54) is 6.33 Å². The molecule has 3 heterocycles. The summed E-state index contributed by atoms with van der Waals surface area (Å²) in [5.74, 6) is 0. The smallest absolute Gasteiger partial charge is 0.255 e. The van der Waals surface area contributed by atoms with Gasteiger partial charge in [0.2, 0.25) is 0 Å². The fourth-order valence-electron chi connectivity index (χ4n) is 2.12. The van der Waals surface area contributed by atoms with Gasteiger partial charge in [-0.15, -0.1) is 0 Å². The molecule has 7 heteroatoms. The topological polar surface area (TPSA) is 76.5 Å². The summed E-state index contributed by atoms with van der Waals surface area (Å²) < 4.78 is 2.24. The zero-order valence-corrected chi connectivity index (χ0v) is 12.5. The Labute approximate surface area is 131 Å². The second-order valence-electron chi connectivity index (χ2n) is 4.82. The molecule has 0 saturated carbocycles. The van der Waals surface area contributed by atoms with Crippen molar-refractivity contribution in [2.24, 2.45) is 0 Å². The molecule has 0 aliphatic carbocycles. The number of rotatable bonds is 4. The lowest BCUT2D eigenvalue weighted by molar-refractivity contribution is 0.732. The van der Waals surface area contributed by atoms with Gasteiger partial charge >= 0.3 is 0 Å². The summed E-state index contributed by atoms with van der Waals surface area (Å²) in [6, 6.07) is 3.83. The van der Waals surface area contributed by atoms with Gasteiger partial charge in [0.15, 0.2) is 4.77 Å². The van der Waals surface area contributed by atoms with E-state index in [4.69, 9.17) is 12.2 Å². The van der Waals surface area contributed by atoms with Gasteiger partial charge in [-0.25, -0.2) is 9.97 Å². The van der Waals surface area contributed by atoms with E-state index in [1.807, 2.05) is 16.7 Å². The molecule has 1 N–H and O–H groups in total. The zero-order chi connectivity index (χ0) is 15.4. The third-order valence-electron chi connectivity index (χ3n) is 3.20. The molecule has 0 aliphatic rings. The quantitative estimate of drug-likeness (QED) is 0.743. The number of hydrogen-bond acceptors (Lipinski definition) is 5. The summed E-state index contributed by atoms with van der Waals surface area (Å²) in [7, 11) is 0. The molecule has 0 amide bonds. The van der Waals surface area contributed by atoms with Crippen LogP contribution in [0.5, 0.6) is 0 Å². The fourth-order valence-corrected chi connectivity index (χ4v) is 2.33. The second-order valence-corrected chi connectivity index (χ2v) is 5.21. The molecule has 110 valence electrons. The largest absolute Gasteiger partial charge is 0.320 e. The van der Waals surface area contributed by atoms with Crippen LogP contribution in [-0.2, 0) is 13.0 Å². The fraction of sp³-hybridized carbons (Fsp3) is 0.133. The minimum absolute atomic E-state index is 0.181. The van der Waals surface area contributed by atoms with Crippen LogP contribution in [-0.4, -0.2) is 24.5 Å². The number of pyridine rings is 1. The number of H-pyrrole nitrogens is 1. The number of nitrogens with one attached hydrogen (secondary N) is 1. The van der Waals surface area contributed by atoms with Crippen LogP contribution in [0.1, 0.15) is 16.7 Å². The Morgan fingerprint density at radius 3 is 2.55 bits per heavy atom. The van der Waals surface area contributed by atoms with E-state index < -0.39 is 0 Å². The zero-order valence-electron chi connectivity index (χ0n) is 11.6. The number of aromatic amines is 1. The standard InChI is InChI=1S/C15H13N5OS/c21-14-13(5-12-6-17-10-18-7-12)9-20(15(22)19-14)8-11-1-3-16-4-2-11/h1-4,6-7,9-10H,5,8H2,(H,19,21,22). The van der Waals surface area contributed by atoms with Crippen LogP contribution in [0.25, 0.3) is 0 Å². The second kappa shape index (κ2) is 6.40. The van der Waals surface area contributed by atoms with E-state index in [9.17, 15) is 4.79 Å². The van der Waals surface area contributed by atoms with Gasteiger partial charge in [0.25, 0.3) is 5.56 Å². The first-order chi connectivity index (χ1) is 10.7. The minimum atomic E-state index is -0.181. The molecule has 0 unspecified atom stereocenters. The Morgan fingerprint density at radius 1 is 1.09 bits per heavy atom. The van der Waals surface area contributed by atoms with Crippen LogP contribution in [0, 0.1) is 4.77 Å². The lowest BCUT2D eigenvalue weighted by Gasteiger charge is -2.09. The number of nitrogens with zero attached hydrogens (tertiary/aromatic N) is 4. The van der Waals surface area contributed by atoms with Crippen LogP contribution >= 0.6 is 12.2 Å². The Kier molecular flexibility index (Phi) is 4.15. The van der Waals surface area contributed by atoms with Crippen LogP contribution in [0.15, 0.2) is 54.2 Å². The third-order valence-corrected chi connectivity index (χ3v) is 3.53. The van der Waals surface area contributed by atoms with Gasteiger partial charge in [-0.05, 0) is 35.5 Å². The minimum Gasteiger partial charge on any atom is -0.320 e. The van der Waals surface area contributed by atoms with Crippen molar-refractivity contribution in [3.63, 3.8) is 0 Å². The highest BCUT2D eigenvalue weighted by atomic mass is 32.1. The van der Waals surface area contributed by atoms with E-state index in [0.29, 0.717) is 23.3 Å². The summed E-state index contributed by atoms with van der Waals surface area (Å²) in [6.07, 6.45) is 10.6. The molecule has 0 aromatic carbocycles. The predicted octanol–water partition coefficient (Wildman–Crippen LogP) is 1.73. The molecule has 0 bridgehead atoms. The first-order valence-electron chi connectivity index (χ1n) is 6.68. The first kappa shape index (κ1) is 14.3. The summed E-state index contributed by atoms with van der Waals surface area (Å²) >= 11 is 5.23. The van der Waals surface area contributed by atoms with E-state index in [-0.39, 0.29) is 5.56 Å². The Bertz CT molecular complexity index is 803. The van der Waals surface area contributed by atoms with Crippen molar-refractivity contribution in [2.75, 3.05) is 0 Å². The van der Waals surface area contributed by atoms with Gasteiger partial charge in [-0.3, -0.25) is 14.8 Å². The monoisotopic (exact) mass is 311 g/mol. The normalized spacial score (nSPS) is 10.5. The number of aromatic nitrogens is 5. The van der Waals surface area contributed by atoms with Crippen molar-refractivity contribution < 1.29 is 0 Å². The summed E-state index contributed by atoms with van der Waals surface area (Å²) in [5.41, 5.74) is 2.38. The van der Waals surface area contributed by atoms with E-state index in [2.05, 4.69) is 19.9 Å². The van der Waals surface area contributed by atoms with Crippen LogP contribution in [0.3, 0.4) is 0 Å². The predicted molar refractivity (Wildman–Crippen MR) is 84.1 cm³/mol. The average Bonchev–Trinajstić information content (AvgIpc) is 2.54. The van der Waals surface area contributed by atoms with Crippen molar-refractivity contribution in [1.82, 2.24) is 24.5 Å². The molecule has 0 aliphatic heterocycles. The highest BCUT2D eigenvalue weighted by Crippen LogP contribution is 2.05. The van der Waals surface area contributed by atoms with Crippen molar-refractivity contribution >= 4 is 12.2 Å². The molecule has 6 nitrogen and oxygen atoms in total. The highest BCUT2D eigenvalue weighted by Gasteiger charge is 2.05. The van der Waals surface area contributed by atoms with Crippen LogP contribution in [0.2, 0.25) is 0 Å². The molecule has 0 spiro atoms. The molecule has 22 heavy (non-hydrogen) atoms. The maximum Gasteiger partial charge on any atom is 0.255 e. The molecule has 3 aromatic heterocycles. The average molecular weight is 311 g/mol. The van der Waals surface area contributed by atoms with Crippen LogP contribution in [0.4, 0.5) is 0 Å². The van der Waals surface area contributed by atoms with Gasteiger partial charge in [0.05, 0.1) is 0 Å². The van der Waals surface area contributed by atoms with Gasteiger partial charge in [0.1, 0.15) is 6.33 Å². The molecule has 0 saturated heterocycles. The van der Waals surface area contributed by atoms with Crippen LogP contribution < -0.4 is 5.56 Å². The highest BCUT2D eigenvalue weighted by molar-refractivity contribution is 7.71. The molecule has 0 radical (unpaired) electrons. The maximum atomic E-state index is 12.1. The van der Waals surface area contributed by atoms with Gasteiger partial charge in [-0.1, -0.05) is 0 Å². The molecular weight excluding hydrogens is 298 g/mol. The van der Waals surface area contributed by atoms with Gasteiger partial charge in [-0.2, -0.15) is 0 Å². The Balaban J connectivity index is 1.93. The van der Waals surface area contributed by atoms with E-state index in [0.717, 1.165) is 11.1 Å². The lowest BCUT2D eigenvalue weighted by atomic mass is 10.1. The Morgan fingerprint density at radius 2 is 1.82 bits per heavy atom. The molecule has 0 atom stereocenters. The van der Waals surface area contributed by atoms with Gasteiger partial charge in [0, 0.05) is 49.5 Å². The molecule has 3 rings (SSSR count).